The Hall–Kier alpha value is -4.48. The molecule has 0 fully saturated rings. The van der Waals surface area contributed by atoms with Crippen LogP contribution in [-0.4, -0.2) is 17.2 Å². The van der Waals surface area contributed by atoms with Crippen molar-refractivity contribution >= 4 is 5.95 Å². The zero-order valence-electron chi connectivity index (χ0n) is 20.7. The monoisotopic (exact) mass is 486 g/mol. The number of hydrogen-bond donors (Lipinski definition) is 1. The summed E-state index contributed by atoms with van der Waals surface area (Å²) in [5.74, 6) is 1.52. The van der Waals surface area contributed by atoms with E-state index >= 15 is 0 Å². The molecule has 0 unspecified atom stereocenters. The Labute approximate surface area is 216 Å². The molecule has 0 spiro atoms. The molecule has 6 rings (SSSR count). The van der Waals surface area contributed by atoms with Crippen LogP contribution in [0.15, 0.2) is 122 Å². The van der Waals surface area contributed by atoms with Crippen LogP contribution in [0.2, 0.25) is 0 Å². The lowest BCUT2D eigenvalue weighted by molar-refractivity contribution is -0.685. The van der Waals surface area contributed by atoms with Gasteiger partial charge in [-0.2, -0.15) is 0 Å². The van der Waals surface area contributed by atoms with Crippen molar-refractivity contribution in [1.82, 2.24) is 4.98 Å². The molecule has 5 aromatic rings. The average Bonchev–Trinajstić information content (AvgIpc) is 3.26. The number of fused-ring (bicyclic) bond motifs is 1. The van der Waals surface area contributed by atoms with E-state index in [1.54, 1.807) is 13.3 Å². The summed E-state index contributed by atoms with van der Waals surface area (Å²) in [5, 5.41) is 12.1. The molecule has 37 heavy (non-hydrogen) atoms. The third-order valence-corrected chi connectivity index (χ3v) is 7.03. The van der Waals surface area contributed by atoms with Gasteiger partial charge < -0.3 is 9.84 Å². The highest BCUT2D eigenvalue weighted by Gasteiger charge is 2.51. The summed E-state index contributed by atoms with van der Waals surface area (Å²) < 4.78 is 7.41. The molecule has 5 nitrogen and oxygen atoms in total. The van der Waals surface area contributed by atoms with Gasteiger partial charge in [0.2, 0.25) is 5.72 Å². The summed E-state index contributed by atoms with van der Waals surface area (Å²) in [5.41, 5.74) is 5.26. The summed E-state index contributed by atoms with van der Waals surface area (Å²) in [6.07, 6.45) is 3.72. The minimum Gasteiger partial charge on any atom is -0.497 e. The first kappa shape index (κ1) is 23.0. The number of benzene rings is 4. The molecule has 4 aromatic carbocycles. The predicted octanol–water partition coefficient (Wildman–Crippen LogP) is 5.58. The molecule has 0 aliphatic carbocycles. The van der Waals surface area contributed by atoms with Crippen LogP contribution in [0.4, 0.5) is 5.95 Å². The van der Waals surface area contributed by atoms with Crippen LogP contribution in [0.1, 0.15) is 11.1 Å². The van der Waals surface area contributed by atoms with E-state index in [0.717, 1.165) is 34.0 Å². The van der Waals surface area contributed by atoms with Crippen LogP contribution in [-0.2, 0) is 18.8 Å². The van der Waals surface area contributed by atoms with Crippen molar-refractivity contribution in [1.29, 1.82) is 0 Å². The van der Waals surface area contributed by atoms with Crippen LogP contribution in [0.5, 0.6) is 5.75 Å². The molecule has 182 valence electrons. The lowest BCUT2D eigenvalue weighted by atomic mass is 9.96. The molecule has 1 aliphatic rings. The average molecular weight is 487 g/mol. The Bertz CT molecular complexity index is 1520. The molecule has 0 amide bonds. The molecule has 0 saturated heterocycles. The zero-order valence-corrected chi connectivity index (χ0v) is 20.7. The van der Waals surface area contributed by atoms with Crippen molar-refractivity contribution in [3.05, 3.63) is 133 Å². The Morgan fingerprint density at radius 1 is 0.811 bits per heavy atom. The third-order valence-electron chi connectivity index (χ3n) is 7.03. The molecule has 0 saturated carbocycles. The highest BCUT2D eigenvalue weighted by molar-refractivity contribution is 5.70. The number of ether oxygens (including phenoxy) is 1. The number of aromatic nitrogens is 2. The maximum atomic E-state index is 12.1. The van der Waals surface area contributed by atoms with Crippen molar-refractivity contribution in [2.75, 3.05) is 12.0 Å². The third kappa shape index (κ3) is 4.34. The van der Waals surface area contributed by atoms with E-state index in [1.807, 2.05) is 64.2 Å². The van der Waals surface area contributed by atoms with E-state index in [1.165, 1.54) is 11.1 Å². The van der Waals surface area contributed by atoms with Gasteiger partial charge in [-0.15, -0.1) is 0 Å². The van der Waals surface area contributed by atoms with Gasteiger partial charge in [0.15, 0.2) is 0 Å². The first-order chi connectivity index (χ1) is 18.1. The van der Waals surface area contributed by atoms with Gasteiger partial charge in [0, 0.05) is 11.6 Å². The molecule has 1 aliphatic heterocycles. The van der Waals surface area contributed by atoms with Gasteiger partial charge in [0.05, 0.1) is 19.9 Å². The van der Waals surface area contributed by atoms with E-state index in [2.05, 4.69) is 65.6 Å². The first-order valence-electron chi connectivity index (χ1n) is 12.4. The second kappa shape index (κ2) is 9.52. The predicted molar refractivity (Wildman–Crippen MR) is 145 cm³/mol. The second-order valence-electron chi connectivity index (χ2n) is 9.32. The summed E-state index contributed by atoms with van der Waals surface area (Å²) in [6.45, 7) is 0.888. The van der Waals surface area contributed by atoms with E-state index < -0.39 is 5.72 Å². The summed E-state index contributed by atoms with van der Waals surface area (Å²) in [6, 6.07) is 37.0. The van der Waals surface area contributed by atoms with Crippen LogP contribution < -0.4 is 14.2 Å². The number of anilines is 1. The van der Waals surface area contributed by atoms with Gasteiger partial charge in [-0.3, -0.25) is 0 Å². The van der Waals surface area contributed by atoms with Gasteiger partial charge in [-0.25, -0.2) is 9.47 Å². The van der Waals surface area contributed by atoms with Crippen LogP contribution in [0, 0.1) is 0 Å². The standard InChI is InChI=1S/C32H28N3O2/c1-37-30-10-5-7-24(21-30)22-35-31-33-19-6-20-34(31)23-32(35,36)29-17-15-28(16-18-29)27-13-11-26(12-14-27)25-8-3-2-4-9-25/h2-21,36H,22-23H2,1H3/q+1/t32-/m1/s1. The lowest BCUT2D eigenvalue weighted by Crippen LogP contribution is -2.45. The van der Waals surface area contributed by atoms with Crippen LogP contribution in [0.25, 0.3) is 22.3 Å². The molecule has 1 aromatic heterocycles. The number of hydrogen-bond acceptors (Lipinski definition) is 4. The first-order valence-corrected chi connectivity index (χ1v) is 12.4. The van der Waals surface area contributed by atoms with Crippen molar-refractivity contribution in [3.8, 4) is 28.0 Å². The molecular formula is C32H28N3O2+. The quantitative estimate of drug-likeness (QED) is 0.319. The van der Waals surface area contributed by atoms with Crippen LogP contribution >= 0.6 is 0 Å². The second-order valence-corrected chi connectivity index (χ2v) is 9.32. The highest BCUT2D eigenvalue weighted by atomic mass is 16.5. The molecule has 5 heteroatoms. The number of aliphatic hydroxyl groups is 1. The molecule has 0 bridgehead atoms. The van der Waals surface area contributed by atoms with Crippen molar-refractivity contribution in [3.63, 3.8) is 0 Å². The molecule has 0 radical (unpaired) electrons. The zero-order chi connectivity index (χ0) is 25.2. The Balaban J connectivity index is 1.30. The van der Waals surface area contributed by atoms with Crippen molar-refractivity contribution < 1.29 is 14.4 Å². The van der Waals surface area contributed by atoms with Gasteiger partial charge in [0.25, 0.3) is 0 Å². The summed E-state index contributed by atoms with van der Waals surface area (Å²) in [4.78, 5) is 6.56. The van der Waals surface area contributed by atoms with E-state index in [-0.39, 0.29) is 0 Å². The Morgan fingerprint density at radius 2 is 1.46 bits per heavy atom. The minimum absolute atomic E-state index is 0.394. The van der Waals surface area contributed by atoms with E-state index in [9.17, 15) is 5.11 Å². The molecule has 1 atom stereocenters. The van der Waals surface area contributed by atoms with Crippen molar-refractivity contribution in [2.45, 2.75) is 18.8 Å². The fraction of sp³-hybridized carbons (Fsp3) is 0.125. The number of methoxy groups -OCH3 is 1. The fourth-order valence-corrected chi connectivity index (χ4v) is 5.05. The lowest BCUT2D eigenvalue weighted by Gasteiger charge is -2.28. The summed E-state index contributed by atoms with van der Waals surface area (Å²) >= 11 is 0. The molecule has 2 heterocycles. The Kier molecular flexibility index (Phi) is 5.91. The maximum absolute atomic E-state index is 12.1. The Morgan fingerprint density at radius 3 is 2.14 bits per heavy atom. The molecule has 1 N–H and O–H groups in total. The highest BCUT2D eigenvalue weighted by Crippen LogP contribution is 2.36. The fourth-order valence-electron chi connectivity index (χ4n) is 5.05. The van der Waals surface area contributed by atoms with Gasteiger partial charge >= 0.3 is 5.95 Å². The van der Waals surface area contributed by atoms with E-state index in [0.29, 0.717) is 13.1 Å². The van der Waals surface area contributed by atoms with Gasteiger partial charge in [0.1, 0.15) is 18.5 Å². The number of rotatable bonds is 6. The van der Waals surface area contributed by atoms with Gasteiger partial charge in [-0.05, 0) is 39.9 Å². The van der Waals surface area contributed by atoms with Crippen molar-refractivity contribution in [2.24, 2.45) is 0 Å². The van der Waals surface area contributed by atoms with Gasteiger partial charge in [-0.1, -0.05) is 96.0 Å². The number of nitrogens with zero attached hydrogens (tertiary/aromatic N) is 3. The normalized spacial score (nSPS) is 16.4. The van der Waals surface area contributed by atoms with Crippen LogP contribution in [0.3, 0.4) is 0 Å². The maximum Gasteiger partial charge on any atom is 0.397 e. The largest absolute Gasteiger partial charge is 0.497 e. The smallest absolute Gasteiger partial charge is 0.397 e. The molecular weight excluding hydrogens is 458 g/mol. The minimum atomic E-state index is -1.24. The summed E-state index contributed by atoms with van der Waals surface area (Å²) in [7, 11) is 1.66. The topological polar surface area (TPSA) is 49.5 Å². The SMILES string of the molecule is COc1cccc(CN2c3nccc[n+]3C[C@@]2(O)c2ccc(-c3ccc(-c4ccccc4)cc3)cc2)c1. The van der Waals surface area contributed by atoms with E-state index in [4.69, 9.17) is 4.74 Å².